The smallest absolute Gasteiger partial charge is 0.187 e. The van der Waals surface area contributed by atoms with E-state index in [-0.39, 0.29) is 5.82 Å². The predicted octanol–water partition coefficient (Wildman–Crippen LogP) is 3.38. The van der Waals surface area contributed by atoms with E-state index in [1.807, 2.05) is 0 Å². The van der Waals surface area contributed by atoms with E-state index in [1.165, 1.54) is 6.07 Å². The number of benzene rings is 1. The lowest BCUT2D eigenvalue weighted by Crippen LogP contribution is -1.95. The molecule has 0 aliphatic rings. The molecular formula is C9H7ClFN3S. The van der Waals surface area contributed by atoms with Crippen molar-refractivity contribution in [2.45, 2.75) is 6.92 Å². The Labute approximate surface area is 95.2 Å². The Morgan fingerprint density at radius 3 is 2.87 bits per heavy atom. The van der Waals surface area contributed by atoms with E-state index in [9.17, 15) is 4.39 Å². The van der Waals surface area contributed by atoms with Crippen LogP contribution in [0.4, 0.5) is 15.9 Å². The third kappa shape index (κ3) is 2.08. The van der Waals surface area contributed by atoms with Crippen LogP contribution in [0.25, 0.3) is 0 Å². The van der Waals surface area contributed by atoms with Gasteiger partial charge >= 0.3 is 0 Å². The van der Waals surface area contributed by atoms with Crippen LogP contribution in [0.5, 0.6) is 0 Å². The van der Waals surface area contributed by atoms with Gasteiger partial charge in [-0.3, -0.25) is 0 Å². The number of rotatable bonds is 2. The third-order valence-corrected chi connectivity index (χ3v) is 2.86. The van der Waals surface area contributed by atoms with Gasteiger partial charge in [0.25, 0.3) is 0 Å². The van der Waals surface area contributed by atoms with Crippen molar-refractivity contribution in [1.29, 1.82) is 0 Å². The zero-order valence-electron chi connectivity index (χ0n) is 7.79. The maximum absolute atomic E-state index is 13.2. The maximum Gasteiger partial charge on any atom is 0.187 e. The van der Waals surface area contributed by atoms with E-state index in [4.69, 9.17) is 11.6 Å². The molecule has 1 aromatic carbocycles. The highest BCUT2D eigenvalue weighted by molar-refractivity contribution is 6.99. The second kappa shape index (κ2) is 4.12. The molecule has 1 aromatic heterocycles. The van der Waals surface area contributed by atoms with Gasteiger partial charge in [0.05, 0.1) is 11.7 Å². The molecule has 1 heterocycles. The SMILES string of the molecule is Cc1c(F)cccc1Nc1nsnc1Cl. The second-order valence-corrected chi connectivity index (χ2v) is 3.83. The average Bonchev–Trinajstić information content (AvgIpc) is 2.60. The number of aromatic nitrogens is 2. The van der Waals surface area contributed by atoms with Crippen molar-refractivity contribution in [2.75, 3.05) is 5.32 Å². The summed E-state index contributed by atoms with van der Waals surface area (Å²) in [7, 11) is 0. The largest absolute Gasteiger partial charge is 0.336 e. The summed E-state index contributed by atoms with van der Waals surface area (Å²) >= 11 is 6.77. The van der Waals surface area contributed by atoms with Crippen LogP contribution in [-0.2, 0) is 0 Å². The molecule has 0 aliphatic heterocycles. The van der Waals surface area contributed by atoms with Crippen molar-refractivity contribution in [2.24, 2.45) is 0 Å². The van der Waals surface area contributed by atoms with Gasteiger partial charge in [0, 0.05) is 11.3 Å². The Morgan fingerprint density at radius 1 is 1.40 bits per heavy atom. The Balaban J connectivity index is 2.33. The first-order chi connectivity index (χ1) is 7.18. The first kappa shape index (κ1) is 10.3. The molecule has 2 rings (SSSR count). The molecule has 0 amide bonds. The van der Waals surface area contributed by atoms with E-state index in [1.54, 1.807) is 19.1 Å². The molecule has 15 heavy (non-hydrogen) atoms. The molecule has 3 nitrogen and oxygen atoms in total. The van der Waals surface area contributed by atoms with Gasteiger partial charge in [-0.1, -0.05) is 17.7 Å². The minimum absolute atomic E-state index is 0.265. The molecule has 0 radical (unpaired) electrons. The monoisotopic (exact) mass is 243 g/mol. The summed E-state index contributed by atoms with van der Waals surface area (Å²) in [5.74, 6) is 0.190. The van der Waals surface area contributed by atoms with E-state index < -0.39 is 0 Å². The number of nitrogens with one attached hydrogen (secondary N) is 1. The van der Waals surface area contributed by atoms with E-state index in [2.05, 4.69) is 14.1 Å². The fourth-order valence-corrected chi connectivity index (χ4v) is 1.77. The number of nitrogens with zero attached hydrogens (tertiary/aromatic N) is 2. The molecule has 2 aromatic rings. The van der Waals surface area contributed by atoms with Crippen LogP contribution in [0, 0.1) is 12.7 Å². The fraction of sp³-hybridized carbons (Fsp3) is 0.111. The van der Waals surface area contributed by atoms with E-state index in [0.29, 0.717) is 22.2 Å². The van der Waals surface area contributed by atoms with Crippen molar-refractivity contribution in [1.82, 2.24) is 8.75 Å². The van der Waals surface area contributed by atoms with Crippen LogP contribution in [0.3, 0.4) is 0 Å². The Kier molecular flexibility index (Phi) is 2.83. The van der Waals surface area contributed by atoms with Crippen LogP contribution in [-0.4, -0.2) is 8.75 Å². The number of hydrogen-bond donors (Lipinski definition) is 1. The van der Waals surface area contributed by atoms with Crippen molar-refractivity contribution in [3.8, 4) is 0 Å². The van der Waals surface area contributed by atoms with Crippen LogP contribution >= 0.6 is 23.3 Å². The molecule has 1 N–H and O–H groups in total. The normalized spacial score (nSPS) is 10.3. The minimum atomic E-state index is -0.265. The summed E-state index contributed by atoms with van der Waals surface area (Å²) in [5.41, 5.74) is 1.17. The molecule has 0 bridgehead atoms. The van der Waals surface area contributed by atoms with Crippen molar-refractivity contribution in [3.63, 3.8) is 0 Å². The fourth-order valence-electron chi connectivity index (χ4n) is 1.12. The average molecular weight is 244 g/mol. The molecule has 0 aliphatic carbocycles. The highest BCUT2D eigenvalue weighted by Gasteiger charge is 2.08. The molecule has 0 saturated carbocycles. The van der Waals surface area contributed by atoms with Crippen molar-refractivity contribution >= 4 is 34.8 Å². The lowest BCUT2D eigenvalue weighted by Gasteiger charge is -2.06. The van der Waals surface area contributed by atoms with Gasteiger partial charge < -0.3 is 5.32 Å². The summed E-state index contributed by atoms with van der Waals surface area (Å²) < 4.78 is 21.0. The summed E-state index contributed by atoms with van der Waals surface area (Å²) in [6.07, 6.45) is 0. The van der Waals surface area contributed by atoms with Gasteiger partial charge in [-0.05, 0) is 19.1 Å². The summed E-state index contributed by atoms with van der Waals surface area (Å²) in [6, 6.07) is 4.79. The Hall–Kier alpha value is -1.20. The second-order valence-electron chi connectivity index (χ2n) is 2.94. The number of hydrogen-bond acceptors (Lipinski definition) is 4. The summed E-state index contributed by atoms with van der Waals surface area (Å²) in [4.78, 5) is 0. The number of anilines is 2. The lowest BCUT2D eigenvalue weighted by atomic mass is 10.2. The molecule has 0 saturated heterocycles. The molecule has 0 fully saturated rings. The Bertz CT molecular complexity index is 486. The summed E-state index contributed by atoms with van der Waals surface area (Å²) in [5, 5.41) is 3.22. The van der Waals surface area contributed by atoms with Crippen molar-refractivity contribution in [3.05, 3.63) is 34.7 Å². The molecule has 0 unspecified atom stereocenters. The standard InChI is InChI=1S/C9H7ClFN3S/c1-5-6(11)3-2-4-7(5)12-9-8(10)13-15-14-9/h2-4H,1H3,(H,12,14). The summed E-state index contributed by atoms with van der Waals surface area (Å²) in [6.45, 7) is 1.69. The van der Waals surface area contributed by atoms with Crippen LogP contribution in [0.2, 0.25) is 5.15 Å². The van der Waals surface area contributed by atoms with E-state index in [0.717, 1.165) is 11.7 Å². The maximum atomic E-state index is 13.2. The third-order valence-electron chi connectivity index (χ3n) is 1.97. The molecule has 0 spiro atoms. The van der Waals surface area contributed by atoms with Gasteiger partial charge in [0.2, 0.25) is 0 Å². The highest BCUT2D eigenvalue weighted by Crippen LogP contribution is 2.25. The lowest BCUT2D eigenvalue weighted by molar-refractivity contribution is 0.619. The van der Waals surface area contributed by atoms with Gasteiger partial charge in [-0.25, -0.2) is 4.39 Å². The molecule has 78 valence electrons. The highest BCUT2D eigenvalue weighted by atomic mass is 35.5. The first-order valence-corrected chi connectivity index (χ1v) is 5.29. The molecular weight excluding hydrogens is 237 g/mol. The van der Waals surface area contributed by atoms with Crippen molar-refractivity contribution < 1.29 is 4.39 Å². The minimum Gasteiger partial charge on any atom is -0.336 e. The van der Waals surface area contributed by atoms with Gasteiger partial charge in [0.1, 0.15) is 5.82 Å². The zero-order valence-corrected chi connectivity index (χ0v) is 9.36. The van der Waals surface area contributed by atoms with E-state index >= 15 is 0 Å². The van der Waals surface area contributed by atoms with Gasteiger partial charge in [-0.2, -0.15) is 8.75 Å². The van der Waals surface area contributed by atoms with Crippen LogP contribution in [0.15, 0.2) is 18.2 Å². The van der Waals surface area contributed by atoms with Gasteiger partial charge in [0.15, 0.2) is 11.0 Å². The quantitative estimate of drug-likeness (QED) is 0.879. The predicted molar refractivity (Wildman–Crippen MR) is 59.3 cm³/mol. The zero-order chi connectivity index (χ0) is 10.8. The topological polar surface area (TPSA) is 37.8 Å². The van der Waals surface area contributed by atoms with Crippen LogP contribution in [0.1, 0.15) is 5.56 Å². The van der Waals surface area contributed by atoms with Gasteiger partial charge in [-0.15, -0.1) is 0 Å². The number of halogens is 2. The van der Waals surface area contributed by atoms with Crippen LogP contribution < -0.4 is 5.32 Å². The molecule has 0 atom stereocenters. The Morgan fingerprint density at radius 2 is 2.20 bits per heavy atom. The molecule has 6 heteroatoms. The first-order valence-electron chi connectivity index (χ1n) is 4.18.